The predicted molar refractivity (Wildman–Crippen MR) is 107 cm³/mol. The third kappa shape index (κ3) is 3.32. The van der Waals surface area contributed by atoms with E-state index in [9.17, 15) is 4.79 Å². The van der Waals surface area contributed by atoms with E-state index >= 15 is 0 Å². The smallest absolute Gasteiger partial charge is 0.276 e. The SMILES string of the molecule is O=C(Nc1ccc2c(c1)OCO2)c1cc(-c2ccco2)n(-c2ccc(Cl)cc2)n1. The maximum atomic E-state index is 12.8. The van der Waals surface area contributed by atoms with E-state index in [0.717, 1.165) is 5.69 Å². The Hall–Kier alpha value is -3.71. The van der Waals surface area contributed by atoms with Gasteiger partial charge in [0.1, 0.15) is 5.69 Å². The first-order valence-corrected chi connectivity index (χ1v) is 9.16. The minimum atomic E-state index is -0.357. The van der Waals surface area contributed by atoms with Gasteiger partial charge in [0.2, 0.25) is 6.79 Å². The molecule has 0 radical (unpaired) electrons. The van der Waals surface area contributed by atoms with Crippen molar-refractivity contribution < 1.29 is 18.7 Å². The number of carbonyl (C=O) groups is 1. The Morgan fingerprint density at radius 2 is 1.86 bits per heavy atom. The molecule has 2 aromatic heterocycles. The molecule has 3 heterocycles. The first kappa shape index (κ1) is 17.4. The number of benzene rings is 2. The summed E-state index contributed by atoms with van der Waals surface area (Å²) in [6, 6.07) is 17.6. The van der Waals surface area contributed by atoms with Crippen molar-refractivity contribution in [1.29, 1.82) is 0 Å². The van der Waals surface area contributed by atoms with Crippen molar-refractivity contribution in [3.8, 4) is 28.6 Å². The molecule has 0 fully saturated rings. The second kappa shape index (κ2) is 7.03. The van der Waals surface area contributed by atoms with Gasteiger partial charge in [0.25, 0.3) is 5.91 Å². The van der Waals surface area contributed by atoms with Crippen molar-refractivity contribution in [2.75, 3.05) is 12.1 Å². The van der Waals surface area contributed by atoms with E-state index in [1.54, 1.807) is 53.4 Å². The number of ether oxygens (including phenoxy) is 2. The normalized spacial score (nSPS) is 12.2. The highest BCUT2D eigenvalue weighted by Crippen LogP contribution is 2.34. The quantitative estimate of drug-likeness (QED) is 0.527. The van der Waals surface area contributed by atoms with Crippen molar-refractivity contribution in [1.82, 2.24) is 9.78 Å². The highest BCUT2D eigenvalue weighted by Gasteiger charge is 2.20. The van der Waals surface area contributed by atoms with Crippen molar-refractivity contribution in [2.45, 2.75) is 0 Å². The van der Waals surface area contributed by atoms with E-state index in [1.807, 2.05) is 18.2 Å². The zero-order valence-electron chi connectivity index (χ0n) is 15.0. The van der Waals surface area contributed by atoms with Crippen LogP contribution in [0, 0.1) is 0 Å². The van der Waals surface area contributed by atoms with Crippen LogP contribution >= 0.6 is 11.6 Å². The Morgan fingerprint density at radius 3 is 2.66 bits per heavy atom. The lowest BCUT2D eigenvalue weighted by Gasteiger charge is -2.06. The number of amides is 1. The van der Waals surface area contributed by atoms with Gasteiger partial charge in [0.15, 0.2) is 23.0 Å². The minimum Gasteiger partial charge on any atom is -0.463 e. The van der Waals surface area contributed by atoms with Gasteiger partial charge in [-0.3, -0.25) is 4.79 Å². The number of nitrogens with zero attached hydrogens (tertiary/aromatic N) is 2. The zero-order chi connectivity index (χ0) is 19.8. The topological polar surface area (TPSA) is 78.5 Å². The largest absolute Gasteiger partial charge is 0.463 e. The molecule has 1 amide bonds. The lowest BCUT2D eigenvalue weighted by atomic mass is 10.2. The zero-order valence-corrected chi connectivity index (χ0v) is 15.7. The number of hydrogen-bond donors (Lipinski definition) is 1. The summed E-state index contributed by atoms with van der Waals surface area (Å²) in [6.45, 7) is 0.171. The maximum Gasteiger partial charge on any atom is 0.276 e. The molecule has 29 heavy (non-hydrogen) atoms. The van der Waals surface area contributed by atoms with Crippen LogP contribution < -0.4 is 14.8 Å². The molecule has 1 aliphatic heterocycles. The molecular weight excluding hydrogens is 394 g/mol. The number of furan rings is 1. The van der Waals surface area contributed by atoms with Gasteiger partial charge in [0.05, 0.1) is 12.0 Å². The van der Waals surface area contributed by atoms with Crippen LogP contribution in [0.2, 0.25) is 5.02 Å². The summed E-state index contributed by atoms with van der Waals surface area (Å²) in [4.78, 5) is 12.8. The van der Waals surface area contributed by atoms with Gasteiger partial charge in [-0.1, -0.05) is 11.6 Å². The number of halogens is 1. The highest BCUT2D eigenvalue weighted by molar-refractivity contribution is 6.30. The van der Waals surface area contributed by atoms with Crippen LogP contribution in [-0.4, -0.2) is 22.5 Å². The summed E-state index contributed by atoms with van der Waals surface area (Å²) in [6.07, 6.45) is 1.57. The van der Waals surface area contributed by atoms with Crippen molar-refractivity contribution in [3.63, 3.8) is 0 Å². The van der Waals surface area contributed by atoms with E-state index in [0.29, 0.717) is 33.7 Å². The lowest BCUT2D eigenvalue weighted by Crippen LogP contribution is -2.13. The van der Waals surface area contributed by atoms with Crippen LogP contribution in [0.25, 0.3) is 17.1 Å². The molecular formula is C21H14ClN3O4. The number of rotatable bonds is 4. The van der Waals surface area contributed by atoms with Crippen LogP contribution in [0.5, 0.6) is 11.5 Å². The number of fused-ring (bicyclic) bond motifs is 1. The molecule has 7 nitrogen and oxygen atoms in total. The molecule has 0 aliphatic carbocycles. The van der Waals surface area contributed by atoms with E-state index < -0.39 is 0 Å². The van der Waals surface area contributed by atoms with Crippen LogP contribution in [0.4, 0.5) is 5.69 Å². The van der Waals surface area contributed by atoms with Crippen LogP contribution in [0.3, 0.4) is 0 Å². The summed E-state index contributed by atoms with van der Waals surface area (Å²) >= 11 is 5.99. The Balaban J connectivity index is 1.49. The summed E-state index contributed by atoms with van der Waals surface area (Å²) in [5, 5.41) is 7.92. The van der Waals surface area contributed by atoms with Gasteiger partial charge in [-0.15, -0.1) is 0 Å². The van der Waals surface area contributed by atoms with E-state index in [2.05, 4.69) is 10.4 Å². The summed E-state index contributed by atoms with van der Waals surface area (Å²) < 4.78 is 17.8. The van der Waals surface area contributed by atoms with Crippen molar-refractivity contribution >= 4 is 23.2 Å². The molecule has 0 atom stereocenters. The lowest BCUT2D eigenvalue weighted by molar-refractivity contribution is 0.102. The van der Waals surface area contributed by atoms with Gasteiger partial charge in [-0.2, -0.15) is 5.10 Å². The van der Waals surface area contributed by atoms with Crippen LogP contribution in [0.15, 0.2) is 71.3 Å². The van der Waals surface area contributed by atoms with E-state index in [-0.39, 0.29) is 18.4 Å². The standard InChI is InChI=1S/C21H14ClN3O4/c22-13-3-6-15(7-4-13)25-17(18-2-1-9-27-18)11-16(24-25)21(26)23-14-5-8-19-20(10-14)29-12-28-19/h1-11H,12H2,(H,23,26). The Bertz CT molecular complexity index is 1180. The van der Waals surface area contributed by atoms with Gasteiger partial charge >= 0.3 is 0 Å². The molecule has 0 bridgehead atoms. The fourth-order valence-electron chi connectivity index (χ4n) is 3.04. The Labute approximate surface area is 170 Å². The minimum absolute atomic E-state index is 0.171. The van der Waals surface area contributed by atoms with Gasteiger partial charge < -0.3 is 19.2 Å². The maximum absolute atomic E-state index is 12.8. The number of nitrogens with one attached hydrogen (secondary N) is 1. The average molecular weight is 408 g/mol. The molecule has 8 heteroatoms. The second-order valence-corrected chi connectivity index (χ2v) is 6.74. The van der Waals surface area contributed by atoms with Crippen LogP contribution in [0.1, 0.15) is 10.5 Å². The fraction of sp³-hybridized carbons (Fsp3) is 0.0476. The summed E-state index contributed by atoms with van der Waals surface area (Å²) in [5.41, 5.74) is 2.22. The number of carbonyl (C=O) groups excluding carboxylic acids is 1. The number of hydrogen-bond acceptors (Lipinski definition) is 5. The first-order valence-electron chi connectivity index (χ1n) is 8.78. The number of anilines is 1. The Morgan fingerprint density at radius 1 is 1.03 bits per heavy atom. The van der Waals surface area contributed by atoms with E-state index in [4.69, 9.17) is 25.5 Å². The molecule has 4 aromatic rings. The monoisotopic (exact) mass is 407 g/mol. The Kier molecular flexibility index (Phi) is 4.22. The third-order valence-electron chi connectivity index (χ3n) is 4.42. The van der Waals surface area contributed by atoms with E-state index in [1.165, 1.54) is 0 Å². The molecule has 0 saturated carbocycles. The molecule has 2 aromatic carbocycles. The van der Waals surface area contributed by atoms with Crippen molar-refractivity contribution in [2.24, 2.45) is 0 Å². The third-order valence-corrected chi connectivity index (χ3v) is 4.67. The van der Waals surface area contributed by atoms with Crippen molar-refractivity contribution in [3.05, 3.63) is 77.6 Å². The molecule has 0 saturated heterocycles. The summed E-state index contributed by atoms with van der Waals surface area (Å²) in [5.74, 6) is 1.47. The van der Waals surface area contributed by atoms with Gasteiger partial charge in [-0.25, -0.2) is 4.68 Å². The molecule has 144 valence electrons. The number of aromatic nitrogens is 2. The molecule has 1 N–H and O–H groups in total. The molecule has 1 aliphatic rings. The average Bonchev–Trinajstić information content (AvgIpc) is 3.47. The molecule has 5 rings (SSSR count). The van der Waals surface area contributed by atoms with Crippen LogP contribution in [-0.2, 0) is 0 Å². The fourth-order valence-corrected chi connectivity index (χ4v) is 3.17. The molecule has 0 unspecified atom stereocenters. The van der Waals surface area contributed by atoms with Gasteiger partial charge in [0, 0.05) is 22.8 Å². The first-order chi connectivity index (χ1) is 14.2. The highest BCUT2D eigenvalue weighted by atomic mass is 35.5. The van der Waals surface area contributed by atoms with Gasteiger partial charge in [-0.05, 0) is 48.5 Å². The molecule has 0 spiro atoms. The second-order valence-electron chi connectivity index (χ2n) is 6.30. The predicted octanol–water partition coefficient (Wildman–Crippen LogP) is 4.77. The summed E-state index contributed by atoms with van der Waals surface area (Å²) in [7, 11) is 0.